The van der Waals surface area contributed by atoms with Crippen LogP contribution in [0, 0.1) is 5.41 Å². The van der Waals surface area contributed by atoms with Gasteiger partial charge in [0.15, 0.2) is 0 Å². The van der Waals surface area contributed by atoms with Crippen LogP contribution in [0.3, 0.4) is 0 Å². The summed E-state index contributed by atoms with van der Waals surface area (Å²) < 4.78 is 0. The van der Waals surface area contributed by atoms with E-state index < -0.39 is 0 Å². The van der Waals surface area contributed by atoms with Crippen molar-refractivity contribution in [1.82, 2.24) is 0 Å². The Morgan fingerprint density at radius 1 is 1.20 bits per heavy atom. The van der Waals surface area contributed by atoms with Gasteiger partial charge in [-0.05, 0) is 20.8 Å². The van der Waals surface area contributed by atoms with Crippen molar-refractivity contribution in [1.29, 1.82) is 0 Å². The van der Waals surface area contributed by atoms with Crippen LogP contribution in [0.15, 0.2) is 36.0 Å². The van der Waals surface area contributed by atoms with Gasteiger partial charge < -0.3 is 0 Å². The van der Waals surface area contributed by atoms with E-state index in [1.54, 1.807) is 0 Å². The summed E-state index contributed by atoms with van der Waals surface area (Å²) in [6.07, 6.45) is 10.9. The van der Waals surface area contributed by atoms with E-state index in [0.29, 0.717) is 0 Å². The van der Waals surface area contributed by atoms with Gasteiger partial charge >= 0.3 is 0 Å². The van der Waals surface area contributed by atoms with Crippen LogP contribution in [0.1, 0.15) is 20.8 Å². The Kier molecular flexibility index (Phi) is 1.80. The summed E-state index contributed by atoms with van der Waals surface area (Å²) >= 11 is 0. The second kappa shape index (κ2) is 2.45. The predicted octanol–water partition coefficient (Wildman–Crippen LogP) is 3.08. The molecule has 0 atom stereocenters. The van der Waals surface area contributed by atoms with E-state index in [1.165, 1.54) is 5.57 Å². The molecule has 0 N–H and O–H groups in total. The fourth-order valence-corrected chi connectivity index (χ4v) is 1.30. The summed E-state index contributed by atoms with van der Waals surface area (Å²) in [7, 11) is 0. The van der Waals surface area contributed by atoms with Gasteiger partial charge in [0.2, 0.25) is 0 Å². The average Bonchev–Trinajstić information content (AvgIpc) is 2.12. The van der Waals surface area contributed by atoms with Gasteiger partial charge in [0.1, 0.15) is 0 Å². The van der Waals surface area contributed by atoms with Gasteiger partial charge in [0.25, 0.3) is 0 Å². The first kappa shape index (κ1) is 7.33. The summed E-state index contributed by atoms with van der Waals surface area (Å²) in [5.41, 5.74) is 1.57. The fraction of sp³-hybridized carbons (Fsp3) is 0.400. The fourth-order valence-electron chi connectivity index (χ4n) is 1.30. The molecule has 0 saturated carbocycles. The molecule has 0 aliphatic heterocycles. The SMILES string of the molecule is CC(C)=CC1(C)C=CC=C1. The third kappa shape index (κ3) is 1.60. The van der Waals surface area contributed by atoms with Gasteiger partial charge in [-0.15, -0.1) is 0 Å². The van der Waals surface area contributed by atoms with Crippen molar-refractivity contribution in [3.8, 4) is 0 Å². The lowest BCUT2D eigenvalue weighted by Crippen LogP contribution is -2.02. The van der Waals surface area contributed by atoms with E-state index in [2.05, 4.69) is 51.2 Å². The normalized spacial score (nSPS) is 19.5. The minimum absolute atomic E-state index is 0.193. The minimum atomic E-state index is 0.193. The van der Waals surface area contributed by atoms with Crippen molar-refractivity contribution >= 4 is 0 Å². The van der Waals surface area contributed by atoms with Gasteiger partial charge in [0.05, 0.1) is 0 Å². The van der Waals surface area contributed by atoms with Crippen molar-refractivity contribution in [3.63, 3.8) is 0 Å². The van der Waals surface area contributed by atoms with Crippen LogP contribution in [0.25, 0.3) is 0 Å². The zero-order chi connectivity index (χ0) is 7.61. The molecule has 10 heavy (non-hydrogen) atoms. The molecular formula is C10H14. The maximum absolute atomic E-state index is 2.27. The van der Waals surface area contributed by atoms with Crippen LogP contribution in [0.2, 0.25) is 0 Å². The molecule has 0 bridgehead atoms. The molecular weight excluding hydrogens is 120 g/mol. The molecule has 0 heterocycles. The number of rotatable bonds is 1. The van der Waals surface area contributed by atoms with Crippen LogP contribution in [-0.4, -0.2) is 0 Å². The van der Waals surface area contributed by atoms with Gasteiger partial charge in [-0.2, -0.15) is 0 Å². The molecule has 0 unspecified atom stereocenters. The summed E-state index contributed by atoms with van der Waals surface area (Å²) in [6, 6.07) is 0. The highest BCUT2D eigenvalue weighted by Crippen LogP contribution is 2.27. The van der Waals surface area contributed by atoms with E-state index >= 15 is 0 Å². The Balaban J connectivity index is 2.81. The van der Waals surface area contributed by atoms with Crippen LogP contribution in [-0.2, 0) is 0 Å². The number of hydrogen-bond donors (Lipinski definition) is 0. The van der Waals surface area contributed by atoms with Gasteiger partial charge in [0, 0.05) is 5.41 Å². The molecule has 1 aliphatic carbocycles. The Bertz CT molecular complexity index is 188. The van der Waals surface area contributed by atoms with Gasteiger partial charge in [-0.1, -0.05) is 36.0 Å². The number of hydrogen-bond acceptors (Lipinski definition) is 0. The molecule has 0 aromatic rings. The Morgan fingerprint density at radius 3 is 2.10 bits per heavy atom. The Hall–Kier alpha value is -0.780. The lowest BCUT2D eigenvalue weighted by Gasteiger charge is -2.13. The van der Waals surface area contributed by atoms with Gasteiger partial charge in [-0.25, -0.2) is 0 Å². The molecule has 1 rings (SSSR count). The van der Waals surface area contributed by atoms with E-state index in [4.69, 9.17) is 0 Å². The molecule has 0 nitrogen and oxygen atoms in total. The van der Waals surface area contributed by atoms with E-state index in [9.17, 15) is 0 Å². The third-order valence-corrected chi connectivity index (χ3v) is 1.62. The van der Waals surface area contributed by atoms with Crippen molar-refractivity contribution < 1.29 is 0 Å². The first-order chi connectivity index (χ1) is 4.62. The average molecular weight is 134 g/mol. The second-order valence-corrected chi connectivity index (χ2v) is 3.31. The maximum Gasteiger partial charge on any atom is 0.0222 e. The second-order valence-electron chi connectivity index (χ2n) is 3.31. The quantitative estimate of drug-likeness (QED) is 0.483. The molecule has 0 fully saturated rings. The highest BCUT2D eigenvalue weighted by molar-refractivity contribution is 5.30. The highest BCUT2D eigenvalue weighted by Gasteiger charge is 2.14. The van der Waals surface area contributed by atoms with E-state index in [-0.39, 0.29) is 5.41 Å². The molecule has 0 saturated heterocycles. The summed E-state index contributed by atoms with van der Waals surface area (Å²) in [5.74, 6) is 0. The molecule has 0 radical (unpaired) electrons. The molecule has 0 heteroatoms. The zero-order valence-electron chi connectivity index (χ0n) is 6.89. The first-order valence-corrected chi connectivity index (χ1v) is 3.65. The van der Waals surface area contributed by atoms with Gasteiger partial charge in [-0.3, -0.25) is 0 Å². The smallest absolute Gasteiger partial charge is 0.0222 e. The lowest BCUT2D eigenvalue weighted by atomic mass is 9.91. The lowest BCUT2D eigenvalue weighted by molar-refractivity contribution is 0.721. The van der Waals surface area contributed by atoms with Crippen LogP contribution in [0.5, 0.6) is 0 Å². The molecule has 0 aromatic carbocycles. The zero-order valence-corrected chi connectivity index (χ0v) is 6.89. The third-order valence-electron chi connectivity index (χ3n) is 1.62. The van der Waals surface area contributed by atoms with Crippen molar-refractivity contribution in [2.45, 2.75) is 20.8 Å². The monoisotopic (exact) mass is 134 g/mol. The van der Waals surface area contributed by atoms with Crippen molar-refractivity contribution in [2.24, 2.45) is 5.41 Å². The minimum Gasteiger partial charge on any atom is -0.0793 e. The molecule has 54 valence electrons. The molecule has 0 aromatic heterocycles. The summed E-state index contributed by atoms with van der Waals surface area (Å²) in [6.45, 7) is 6.47. The van der Waals surface area contributed by atoms with Crippen LogP contribution in [0.4, 0.5) is 0 Å². The molecule has 0 spiro atoms. The number of allylic oxidation sites excluding steroid dienone is 6. The summed E-state index contributed by atoms with van der Waals surface area (Å²) in [4.78, 5) is 0. The largest absolute Gasteiger partial charge is 0.0793 e. The van der Waals surface area contributed by atoms with E-state index in [1.807, 2.05) is 0 Å². The first-order valence-electron chi connectivity index (χ1n) is 3.65. The van der Waals surface area contributed by atoms with Crippen LogP contribution >= 0.6 is 0 Å². The molecule has 1 aliphatic rings. The van der Waals surface area contributed by atoms with Crippen molar-refractivity contribution in [2.75, 3.05) is 0 Å². The predicted molar refractivity (Wildman–Crippen MR) is 45.8 cm³/mol. The Labute approximate surface area is 62.9 Å². The highest BCUT2D eigenvalue weighted by atomic mass is 14.2. The topological polar surface area (TPSA) is 0 Å². The Morgan fingerprint density at radius 2 is 1.70 bits per heavy atom. The molecule has 0 amide bonds. The van der Waals surface area contributed by atoms with Crippen molar-refractivity contribution in [3.05, 3.63) is 36.0 Å². The summed E-state index contributed by atoms with van der Waals surface area (Å²) in [5, 5.41) is 0. The maximum atomic E-state index is 2.27. The van der Waals surface area contributed by atoms with E-state index in [0.717, 1.165) is 0 Å². The van der Waals surface area contributed by atoms with Crippen LogP contribution < -0.4 is 0 Å². The standard InChI is InChI=1S/C10H14/c1-9(2)8-10(3)6-4-5-7-10/h4-8H,1-3H3.